The van der Waals surface area contributed by atoms with Crippen LogP contribution >= 0.6 is 0 Å². The highest BCUT2D eigenvalue weighted by molar-refractivity contribution is 5.78. The van der Waals surface area contributed by atoms with Crippen molar-refractivity contribution >= 4 is 16.8 Å². The SMILES string of the molecule is CC(C)CNC(=O)CCCCn1c(=O)c2ccccc2n(Cc2ccccc2)c1=O. The average molecular weight is 408 g/mol. The minimum atomic E-state index is -0.313. The predicted molar refractivity (Wildman–Crippen MR) is 120 cm³/mol. The summed E-state index contributed by atoms with van der Waals surface area (Å²) in [6, 6.07) is 16.9. The van der Waals surface area contributed by atoms with Gasteiger partial charge in [0, 0.05) is 19.5 Å². The first-order valence-electron chi connectivity index (χ1n) is 10.5. The number of carbonyl (C=O) groups is 1. The molecule has 1 amide bonds. The fraction of sp³-hybridized carbons (Fsp3) is 0.375. The summed E-state index contributed by atoms with van der Waals surface area (Å²) in [5.74, 6) is 0.421. The van der Waals surface area contributed by atoms with E-state index < -0.39 is 0 Å². The number of benzene rings is 2. The van der Waals surface area contributed by atoms with Crippen molar-refractivity contribution in [3.8, 4) is 0 Å². The number of rotatable bonds is 9. The first kappa shape index (κ1) is 21.6. The lowest BCUT2D eigenvalue weighted by molar-refractivity contribution is -0.121. The van der Waals surface area contributed by atoms with Crippen LogP contribution in [0.2, 0.25) is 0 Å². The molecule has 0 aliphatic carbocycles. The molecule has 0 saturated carbocycles. The maximum Gasteiger partial charge on any atom is 0.331 e. The zero-order valence-electron chi connectivity index (χ0n) is 17.6. The van der Waals surface area contributed by atoms with Gasteiger partial charge in [0.25, 0.3) is 5.56 Å². The van der Waals surface area contributed by atoms with Crippen molar-refractivity contribution in [1.29, 1.82) is 0 Å². The fourth-order valence-corrected chi connectivity index (χ4v) is 3.45. The third kappa shape index (κ3) is 5.26. The summed E-state index contributed by atoms with van der Waals surface area (Å²) < 4.78 is 2.96. The zero-order valence-corrected chi connectivity index (χ0v) is 17.6. The van der Waals surface area contributed by atoms with E-state index in [4.69, 9.17) is 0 Å². The van der Waals surface area contributed by atoms with Crippen LogP contribution in [0.15, 0.2) is 64.2 Å². The molecule has 2 aromatic carbocycles. The molecule has 3 rings (SSSR count). The lowest BCUT2D eigenvalue weighted by atomic mass is 10.2. The average Bonchev–Trinajstić information content (AvgIpc) is 2.75. The molecule has 0 bridgehead atoms. The van der Waals surface area contributed by atoms with E-state index >= 15 is 0 Å². The van der Waals surface area contributed by atoms with Gasteiger partial charge in [-0.2, -0.15) is 0 Å². The van der Waals surface area contributed by atoms with Crippen LogP contribution in [-0.4, -0.2) is 21.6 Å². The summed E-state index contributed by atoms with van der Waals surface area (Å²) in [6.07, 6.45) is 1.61. The second kappa shape index (κ2) is 10.1. The molecule has 3 aromatic rings. The van der Waals surface area contributed by atoms with E-state index in [9.17, 15) is 14.4 Å². The van der Waals surface area contributed by atoms with Crippen molar-refractivity contribution in [2.45, 2.75) is 46.2 Å². The van der Waals surface area contributed by atoms with E-state index in [1.807, 2.05) is 62.4 Å². The largest absolute Gasteiger partial charge is 0.356 e. The molecular formula is C24H29N3O3. The molecule has 0 saturated heterocycles. The number of carbonyl (C=O) groups excluding carboxylic acids is 1. The van der Waals surface area contributed by atoms with Crippen LogP contribution in [0.5, 0.6) is 0 Å². The van der Waals surface area contributed by atoms with Gasteiger partial charge >= 0.3 is 5.69 Å². The number of amides is 1. The zero-order chi connectivity index (χ0) is 21.5. The third-order valence-electron chi connectivity index (χ3n) is 5.06. The van der Waals surface area contributed by atoms with E-state index in [2.05, 4.69) is 5.32 Å². The second-order valence-electron chi connectivity index (χ2n) is 7.98. The number of fused-ring (bicyclic) bond motifs is 1. The van der Waals surface area contributed by atoms with E-state index in [1.54, 1.807) is 10.6 Å². The molecule has 0 fully saturated rings. The lowest BCUT2D eigenvalue weighted by Crippen LogP contribution is -2.40. The highest BCUT2D eigenvalue weighted by atomic mass is 16.2. The van der Waals surface area contributed by atoms with Crippen LogP contribution < -0.4 is 16.6 Å². The van der Waals surface area contributed by atoms with Crippen LogP contribution in [0, 0.1) is 5.92 Å². The van der Waals surface area contributed by atoms with E-state index in [0.717, 1.165) is 5.56 Å². The Morgan fingerprint density at radius 3 is 2.37 bits per heavy atom. The third-order valence-corrected chi connectivity index (χ3v) is 5.06. The highest BCUT2D eigenvalue weighted by Gasteiger charge is 2.13. The molecule has 30 heavy (non-hydrogen) atoms. The van der Waals surface area contributed by atoms with Crippen LogP contribution in [0.4, 0.5) is 0 Å². The van der Waals surface area contributed by atoms with Gasteiger partial charge in [0.1, 0.15) is 0 Å². The van der Waals surface area contributed by atoms with Crippen molar-refractivity contribution in [1.82, 2.24) is 14.5 Å². The van der Waals surface area contributed by atoms with Crippen LogP contribution in [0.1, 0.15) is 38.7 Å². The van der Waals surface area contributed by atoms with Gasteiger partial charge in [0.15, 0.2) is 0 Å². The molecule has 1 heterocycles. The topological polar surface area (TPSA) is 73.1 Å². The summed E-state index contributed by atoms with van der Waals surface area (Å²) in [5.41, 5.74) is 1.05. The number of nitrogens with zero attached hydrogens (tertiary/aromatic N) is 2. The normalized spacial score (nSPS) is 11.2. The van der Waals surface area contributed by atoms with Gasteiger partial charge in [0.05, 0.1) is 17.4 Å². The van der Waals surface area contributed by atoms with Crippen LogP contribution in [0.3, 0.4) is 0 Å². The first-order valence-corrected chi connectivity index (χ1v) is 10.5. The van der Waals surface area contributed by atoms with Crippen LogP contribution in [-0.2, 0) is 17.9 Å². The Morgan fingerprint density at radius 1 is 0.933 bits per heavy atom. The minimum absolute atomic E-state index is 0.0102. The minimum Gasteiger partial charge on any atom is -0.356 e. The molecule has 158 valence electrons. The van der Waals surface area contributed by atoms with Gasteiger partial charge in [-0.25, -0.2) is 4.79 Å². The van der Waals surface area contributed by atoms with E-state index in [-0.39, 0.29) is 17.2 Å². The number of hydrogen-bond acceptors (Lipinski definition) is 3. The van der Waals surface area contributed by atoms with Gasteiger partial charge in [0.2, 0.25) is 5.91 Å². The number of aromatic nitrogens is 2. The van der Waals surface area contributed by atoms with Gasteiger partial charge in [-0.1, -0.05) is 56.3 Å². The molecule has 1 aromatic heterocycles. The Bertz CT molecular complexity index is 1110. The smallest absolute Gasteiger partial charge is 0.331 e. The summed E-state index contributed by atoms with van der Waals surface area (Å²) >= 11 is 0. The molecule has 6 nitrogen and oxygen atoms in total. The summed E-state index contributed by atoms with van der Waals surface area (Å²) in [7, 11) is 0. The van der Waals surface area contributed by atoms with E-state index in [1.165, 1.54) is 4.57 Å². The Hall–Kier alpha value is -3.15. The Kier molecular flexibility index (Phi) is 7.22. The first-order chi connectivity index (χ1) is 14.5. The number of para-hydroxylation sites is 1. The predicted octanol–water partition coefficient (Wildman–Crippen LogP) is 3.15. The lowest BCUT2D eigenvalue weighted by Gasteiger charge is -2.14. The highest BCUT2D eigenvalue weighted by Crippen LogP contribution is 2.10. The molecule has 1 N–H and O–H groups in total. The summed E-state index contributed by atoms with van der Waals surface area (Å²) in [5, 5.41) is 3.42. The Balaban J connectivity index is 1.80. The molecule has 0 unspecified atom stereocenters. The maximum absolute atomic E-state index is 13.2. The number of hydrogen-bond donors (Lipinski definition) is 1. The van der Waals surface area contributed by atoms with Gasteiger partial charge in [-0.3, -0.25) is 18.7 Å². The summed E-state index contributed by atoms with van der Waals surface area (Å²) in [6.45, 7) is 5.46. The molecule has 6 heteroatoms. The monoisotopic (exact) mass is 407 g/mol. The molecule has 0 radical (unpaired) electrons. The van der Waals surface area contributed by atoms with Crippen molar-refractivity contribution in [3.05, 3.63) is 81.0 Å². The molecule has 0 aliphatic heterocycles. The number of unbranched alkanes of at least 4 members (excludes halogenated alkanes) is 1. The quantitative estimate of drug-likeness (QED) is 0.554. The van der Waals surface area contributed by atoms with Gasteiger partial charge in [-0.15, -0.1) is 0 Å². The summed E-state index contributed by atoms with van der Waals surface area (Å²) in [4.78, 5) is 38.0. The van der Waals surface area contributed by atoms with Gasteiger partial charge in [-0.05, 0) is 36.5 Å². The number of nitrogens with one attached hydrogen (secondary N) is 1. The molecule has 0 spiro atoms. The molecule has 0 aliphatic rings. The molecular weight excluding hydrogens is 378 g/mol. The Labute approximate surface area is 176 Å². The van der Waals surface area contributed by atoms with Crippen molar-refractivity contribution in [2.24, 2.45) is 5.92 Å². The van der Waals surface area contributed by atoms with Crippen molar-refractivity contribution in [2.75, 3.05) is 6.54 Å². The maximum atomic E-state index is 13.2. The second-order valence-corrected chi connectivity index (χ2v) is 7.98. The van der Waals surface area contributed by atoms with Gasteiger partial charge < -0.3 is 5.32 Å². The molecule has 0 atom stereocenters. The fourth-order valence-electron chi connectivity index (χ4n) is 3.45. The van der Waals surface area contributed by atoms with Crippen molar-refractivity contribution < 1.29 is 4.79 Å². The van der Waals surface area contributed by atoms with Crippen molar-refractivity contribution in [3.63, 3.8) is 0 Å². The standard InChI is InChI=1S/C24H29N3O3/c1-18(2)16-25-22(28)14-8-9-15-26-23(29)20-12-6-7-13-21(20)27(24(26)30)17-19-10-4-3-5-11-19/h3-7,10-13,18H,8-9,14-17H2,1-2H3,(H,25,28). The van der Waals surface area contributed by atoms with E-state index in [0.29, 0.717) is 55.7 Å². The Morgan fingerprint density at radius 2 is 1.63 bits per heavy atom. The van der Waals surface area contributed by atoms with Crippen LogP contribution in [0.25, 0.3) is 10.9 Å².